The van der Waals surface area contributed by atoms with Gasteiger partial charge in [-0.05, 0) is 43.7 Å². The Kier molecular flexibility index (Phi) is 5.62. The average molecular weight is 346 g/mol. The fourth-order valence-electron chi connectivity index (χ4n) is 2.14. The van der Waals surface area contributed by atoms with E-state index in [0.717, 1.165) is 6.42 Å². The molecule has 0 saturated carbocycles. The minimum absolute atomic E-state index is 0.0322. The number of amides is 1. The van der Waals surface area contributed by atoms with Gasteiger partial charge in [-0.3, -0.25) is 9.10 Å². The number of anilines is 1. The monoisotopic (exact) mass is 346 g/mol. The van der Waals surface area contributed by atoms with Gasteiger partial charge in [0.15, 0.2) is 0 Å². The third kappa shape index (κ3) is 3.94. The van der Waals surface area contributed by atoms with Gasteiger partial charge in [-0.25, -0.2) is 8.42 Å². The van der Waals surface area contributed by atoms with Crippen LogP contribution in [0.5, 0.6) is 0 Å². The molecule has 0 spiro atoms. The highest BCUT2D eigenvalue weighted by atomic mass is 32.2. The molecular weight excluding hydrogens is 324 g/mol. The van der Waals surface area contributed by atoms with Gasteiger partial charge in [0.25, 0.3) is 15.9 Å². The molecule has 1 unspecified atom stereocenters. The minimum Gasteiger partial charge on any atom is -0.350 e. The van der Waals surface area contributed by atoms with Gasteiger partial charge in [0, 0.05) is 18.7 Å². The van der Waals surface area contributed by atoms with Crippen LogP contribution in [-0.4, -0.2) is 27.4 Å². The van der Waals surface area contributed by atoms with Crippen LogP contribution in [-0.2, 0) is 10.0 Å². The summed E-state index contributed by atoms with van der Waals surface area (Å²) in [5.41, 5.74) is 0.893. The van der Waals surface area contributed by atoms with E-state index in [4.69, 9.17) is 0 Å². The number of para-hydroxylation sites is 1. The smallest absolute Gasteiger partial charge is 0.264 e. The van der Waals surface area contributed by atoms with E-state index in [-0.39, 0.29) is 16.8 Å². The fourth-order valence-corrected chi connectivity index (χ4v) is 3.38. The Morgan fingerprint density at radius 3 is 2.42 bits per heavy atom. The number of hydrogen-bond donors (Lipinski definition) is 1. The maximum atomic E-state index is 12.8. The summed E-state index contributed by atoms with van der Waals surface area (Å²) in [6.07, 6.45) is 0.806. The highest BCUT2D eigenvalue weighted by molar-refractivity contribution is 7.92. The van der Waals surface area contributed by atoms with Crippen molar-refractivity contribution in [3.8, 4) is 0 Å². The predicted molar refractivity (Wildman–Crippen MR) is 95.7 cm³/mol. The van der Waals surface area contributed by atoms with Crippen molar-refractivity contribution in [1.29, 1.82) is 0 Å². The highest BCUT2D eigenvalue weighted by Crippen LogP contribution is 2.22. The molecule has 0 saturated heterocycles. The summed E-state index contributed by atoms with van der Waals surface area (Å²) in [5, 5.41) is 2.84. The minimum atomic E-state index is -3.73. The van der Waals surface area contributed by atoms with E-state index in [0.29, 0.717) is 11.3 Å². The third-order valence-electron chi connectivity index (χ3n) is 3.86. The molecule has 2 aromatic rings. The number of rotatable bonds is 6. The molecule has 0 heterocycles. The molecule has 1 amide bonds. The normalized spacial score (nSPS) is 12.5. The van der Waals surface area contributed by atoms with E-state index < -0.39 is 10.0 Å². The molecule has 0 aliphatic rings. The van der Waals surface area contributed by atoms with E-state index in [1.165, 1.54) is 23.5 Å². The zero-order chi connectivity index (χ0) is 17.7. The van der Waals surface area contributed by atoms with E-state index in [9.17, 15) is 13.2 Å². The third-order valence-corrected chi connectivity index (χ3v) is 5.65. The van der Waals surface area contributed by atoms with E-state index in [1.807, 2.05) is 19.9 Å². The van der Waals surface area contributed by atoms with Gasteiger partial charge in [-0.15, -0.1) is 0 Å². The first-order valence-electron chi connectivity index (χ1n) is 7.81. The summed E-state index contributed by atoms with van der Waals surface area (Å²) in [5.74, 6) is -0.274. The van der Waals surface area contributed by atoms with Crippen molar-refractivity contribution in [2.75, 3.05) is 11.4 Å². The standard InChI is InChI=1S/C18H22N2O3S/c1-4-14(2)19-18(21)15-9-8-12-17(13-15)24(22,23)20(3)16-10-6-5-7-11-16/h5-14H,4H2,1-3H3,(H,19,21). The summed E-state index contributed by atoms with van der Waals surface area (Å²) < 4.78 is 26.8. The molecule has 0 fully saturated rings. The van der Waals surface area contributed by atoms with Crippen molar-refractivity contribution in [3.05, 3.63) is 60.2 Å². The Hall–Kier alpha value is -2.34. The molecule has 0 aromatic heterocycles. The molecule has 1 N–H and O–H groups in total. The van der Waals surface area contributed by atoms with Crippen LogP contribution < -0.4 is 9.62 Å². The van der Waals surface area contributed by atoms with Crippen molar-refractivity contribution >= 4 is 21.6 Å². The van der Waals surface area contributed by atoms with E-state index in [2.05, 4.69) is 5.32 Å². The summed E-state index contributed by atoms with van der Waals surface area (Å²) >= 11 is 0. The molecule has 5 nitrogen and oxygen atoms in total. The van der Waals surface area contributed by atoms with Gasteiger partial charge >= 0.3 is 0 Å². The van der Waals surface area contributed by atoms with Gasteiger partial charge in [0.2, 0.25) is 0 Å². The van der Waals surface area contributed by atoms with Crippen LogP contribution in [0.3, 0.4) is 0 Å². The SMILES string of the molecule is CCC(C)NC(=O)c1cccc(S(=O)(=O)N(C)c2ccccc2)c1. The van der Waals surface area contributed by atoms with Crippen LogP contribution in [0.25, 0.3) is 0 Å². The molecule has 0 bridgehead atoms. The van der Waals surface area contributed by atoms with Crippen molar-refractivity contribution in [1.82, 2.24) is 5.32 Å². The van der Waals surface area contributed by atoms with Crippen LogP contribution in [0, 0.1) is 0 Å². The second kappa shape index (κ2) is 7.49. The Morgan fingerprint density at radius 2 is 1.79 bits per heavy atom. The summed E-state index contributed by atoms with van der Waals surface area (Å²) in [6.45, 7) is 3.88. The second-order valence-electron chi connectivity index (χ2n) is 5.62. The van der Waals surface area contributed by atoms with Gasteiger partial charge in [-0.2, -0.15) is 0 Å². The Bertz CT molecular complexity index is 804. The number of hydrogen-bond acceptors (Lipinski definition) is 3. The Labute approximate surface area is 143 Å². The molecule has 0 radical (unpaired) electrons. The Balaban J connectivity index is 2.32. The number of nitrogens with one attached hydrogen (secondary N) is 1. The van der Waals surface area contributed by atoms with Gasteiger partial charge in [0.1, 0.15) is 0 Å². The van der Waals surface area contributed by atoms with Crippen LogP contribution >= 0.6 is 0 Å². The number of sulfonamides is 1. The van der Waals surface area contributed by atoms with Crippen molar-refractivity contribution in [3.63, 3.8) is 0 Å². The van der Waals surface area contributed by atoms with E-state index >= 15 is 0 Å². The lowest BCUT2D eigenvalue weighted by Gasteiger charge is -2.20. The van der Waals surface area contributed by atoms with Crippen LogP contribution in [0.4, 0.5) is 5.69 Å². The van der Waals surface area contributed by atoms with Crippen molar-refractivity contribution in [2.45, 2.75) is 31.2 Å². The summed E-state index contributed by atoms with van der Waals surface area (Å²) in [4.78, 5) is 12.3. The molecule has 6 heteroatoms. The Morgan fingerprint density at radius 1 is 1.12 bits per heavy atom. The van der Waals surface area contributed by atoms with E-state index in [1.54, 1.807) is 36.4 Å². The quantitative estimate of drug-likeness (QED) is 0.874. The van der Waals surface area contributed by atoms with Gasteiger partial charge < -0.3 is 5.32 Å². The first-order chi connectivity index (χ1) is 11.4. The molecule has 2 aromatic carbocycles. The van der Waals surface area contributed by atoms with Crippen molar-refractivity contribution in [2.24, 2.45) is 0 Å². The zero-order valence-electron chi connectivity index (χ0n) is 14.1. The molecule has 0 aliphatic heterocycles. The molecule has 2 rings (SSSR count). The second-order valence-corrected chi connectivity index (χ2v) is 7.59. The zero-order valence-corrected chi connectivity index (χ0v) is 14.9. The fraction of sp³-hybridized carbons (Fsp3) is 0.278. The average Bonchev–Trinajstić information content (AvgIpc) is 2.61. The molecular formula is C18H22N2O3S. The first kappa shape index (κ1) is 18.0. The molecule has 128 valence electrons. The summed E-state index contributed by atoms with van der Waals surface area (Å²) in [6, 6.07) is 14.9. The van der Waals surface area contributed by atoms with Crippen LogP contribution in [0.2, 0.25) is 0 Å². The molecule has 0 aliphatic carbocycles. The topological polar surface area (TPSA) is 66.5 Å². The number of carbonyl (C=O) groups excluding carboxylic acids is 1. The molecule has 1 atom stereocenters. The lowest BCUT2D eigenvalue weighted by Crippen LogP contribution is -2.32. The summed E-state index contributed by atoms with van der Waals surface area (Å²) in [7, 11) is -2.23. The maximum absolute atomic E-state index is 12.8. The molecule has 24 heavy (non-hydrogen) atoms. The van der Waals surface area contributed by atoms with Gasteiger partial charge in [0.05, 0.1) is 10.6 Å². The van der Waals surface area contributed by atoms with Crippen molar-refractivity contribution < 1.29 is 13.2 Å². The lowest BCUT2D eigenvalue weighted by molar-refractivity contribution is 0.0939. The number of benzene rings is 2. The van der Waals surface area contributed by atoms with Crippen LogP contribution in [0.15, 0.2) is 59.5 Å². The number of carbonyl (C=O) groups is 1. The first-order valence-corrected chi connectivity index (χ1v) is 9.25. The van der Waals surface area contributed by atoms with Crippen LogP contribution in [0.1, 0.15) is 30.6 Å². The maximum Gasteiger partial charge on any atom is 0.264 e. The largest absolute Gasteiger partial charge is 0.350 e. The van der Waals surface area contributed by atoms with Gasteiger partial charge in [-0.1, -0.05) is 31.2 Å². The number of nitrogens with zero attached hydrogens (tertiary/aromatic N) is 1. The predicted octanol–water partition coefficient (Wildman–Crippen LogP) is 3.04. The lowest BCUT2D eigenvalue weighted by atomic mass is 10.2. The highest BCUT2D eigenvalue weighted by Gasteiger charge is 2.22.